The highest BCUT2D eigenvalue weighted by Gasteiger charge is 2.39. The Hall–Kier alpha value is -2.32. The van der Waals surface area contributed by atoms with E-state index < -0.39 is 11.9 Å². The number of aryl methyl sites for hydroxylation is 1. The third-order valence-electron chi connectivity index (χ3n) is 4.93. The van der Waals surface area contributed by atoms with Crippen LogP contribution in [-0.2, 0) is 6.18 Å². The van der Waals surface area contributed by atoms with Gasteiger partial charge in [-0.05, 0) is 31.7 Å². The number of hydrogen-bond acceptors (Lipinski definition) is 4. The molecule has 3 heterocycles. The first-order valence-electron chi connectivity index (χ1n) is 8.91. The molecule has 5 nitrogen and oxygen atoms in total. The van der Waals surface area contributed by atoms with Gasteiger partial charge in [0.25, 0.3) is 0 Å². The molecule has 1 aromatic carbocycles. The number of anilines is 1. The molecule has 9 heteroatoms. The SMILES string of the molecule is Cc1cc(N2CCN(C)CC2)n2nc(C(F)(F)F)c(-c3ccc(Cl)cc3)c2n1. The lowest BCUT2D eigenvalue weighted by atomic mass is 10.1. The van der Waals surface area contributed by atoms with Crippen LogP contribution in [0.3, 0.4) is 0 Å². The monoisotopic (exact) mass is 409 g/mol. The van der Waals surface area contributed by atoms with E-state index in [1.54, 1.807) is 37.3 Å². The molecule has 0 spiro atoms. The Morgan fingerprint density at radius 3 is 2.29 bits per heavy atom. The van der Waals surface area contributed by atoms with E-state index in [2.05, 4.69) is 19.9 Å². The number of benzene rings is 1. The Bertz CT molecular complexity index is 1010. The first kappa shape index (κ1) is 19.0. The van der Waals surface area contributed by atoms with E-state index in [1.807, 2.05) is 7.05 Å². The topological polar surface area (TPSA) is 36.7 Å². The summed E-state index contributed by atoms with van der Waals surface area (Å²) in [6.07, 6.45) is -4.60. The van der Waals surface area contributed by atoms with Gasteiger partial charge in [0.1, 0.15) is 5.82 Å². The molecular weight excluding hydrogens is 391 g/mol. The Labute approximate surface area is 165 Å². The Morgan fingerprint density at radius 1 is 1.04 bits per heavy atom. The zero-order chi connectivity index (χ0) is 20.1. The van der Waals surface area contributed by atoms with E-state index >= 15 is 0 Å². The van der Waals surface area contributed by atoms with Crippen LogP contribution in [0.25, 0.3) is 16.8 Å². The first-order valence-corrected chi connectivity index (χ1v) is 9.29. The van der Waals surface area contributed by atoms with Gasteiger partial charge in [-0.2, -0.15) is 22.8 Å². The summed E-state index contributed by atoms with van der Waals surface area (Å²) in [7, 11) is 2.03. The molecule has 0 radical (unpaired) electrons. The highest BCUT2D eigenvalue weighted by molar-refractivity contribution is 6.30. The first-order chi connectivity index (χ1) is 13.2. The molecule has 148 valence electrons. The van der Waals surface area contributed by atoms with E-state index in [4.69, 9.17) is 11.6 Å². The molecule has 0 bridgehead atoms. The van der Waals surface area contributed by atoms with Gasteiger partial charge in [0.05, 0.1) is 5.56 Å². The van der Waals surface area contributed by atoms with Crippen molar-refractivity contribution in [3.8, 4) is 11.1 Å². The lowest BCUT2D eigenvalue weighted by Gasteiger charge is -2.34. The van der Waals surface area contributed by atoms with Gasteiger partial charge in [-0.25, -0.2) is 4.98 Å². The lowest BCUT2D eigenvalue weighted by Crippen LogP contribution is -2.45. The number of fused-ring (bicyclic) bond motifs is 1. The molecule has 0 aliphatic carbocycles. The molecule has 0 unspecified atom stereocenters. The van der Waals surface area contributed by atoms with Gasteiger partial charge in [-0.15, -0.1) is 0 Å². The van der Waals surface area contributed by atoms with Gasteiger partial charge in [0, 0.05) is 43.0 Å². The number of hydrogen-bond donors (Lipinski definition) is 0. The Balaban J connectivity index is 1.96. The summed E-state index contributed by atoms with van der Waals surface area (Å²) < 4.78 is 42.8. The summed E-state index contributed by atoms with van der Waals surface area (Å²) >= 11 is 5.92. The van der Waals surface area contributed by atoms with Crippen LogP contribution in [0.2, 0.25) is 5.02 Å². The Morgan fingerprint density at radius 2 is 1.68 bits per heavy atom. The molecule has 1 fully saturated rings. The molecule has 0 atom stereocenters. The van der Waals surface area contributed by atoms with Crippen molar-refractivity contribution in [2.75, 3.05) is 38.1 Å². The summed E-state index contributed by atoms with van der Waals surface area (Å²) in [5.41, 5.74) is 0.259. The van der Waals surface area contributed by atoms with Crippen molar-refractivity contribution in [2.24, 2.45) is 0 Å². The van der Waals surface area contributed by atoms with Gasteiger partial charge >= 0.3 is 6.18 Å². The van der Waals surface area contributed by atoms with Gasteiger partial charge in [0.15, 0.2) is 11.3 Å². The largest absolute Gasteiger partial charge is 0.435 e. The standard InChI is InChI=1S/C19H19ClF3N5/c1-12-11-15(27-9-7-26(2)8-10-27)28-18(24-12)16(17(25-28)19(21,22)23)13-3-5-14(20)6-4-13/h3-6,11H,7-10H2,1-2H3. The van der Waals surface area contributed by atoms with Gasteiger partial charge in [0.2, 0.25) is 0 Å². The number of aromatic nitrogens is 3. The summed E-state index contributed by atoms with van der Waals surface area (Å²) in [5, 5.41) is 4.41. The van der Waals surface area contributed by atoms with E-state index in [9.17, 15) is 13.2 Å². The molecule has 1 aliphatic rings. The maximum atomic E-state index is 13.8. The Kier molecular flexibility index (Phi) is 4.71. The van der Waals surface area contributed by atoms with Gasteiger partial charge in [-0.1, -0.05) is 23.7 Å². The van der Waals surface area contributed by atoms with E-state index in [0.717, 1.165) is 13.1 Å². The zero-order valence-electron chi connectivity index (χ0n) is 15.5. The minimum atomic E-state index is -4.60. The van der Waals surface area contributed by atoms with Crippen molar-refractivity contribution in [3.05, 3.63) is 46.7 Å². The highest BCUT2D eigenvalue weighted by atomic mass is 35.5. The van der Waals surface area contributed by atoms with E-state index in [0.29, 0.717) is 35.2 Å². The fourth-order valence-corrected chi connectivity index (χ4v) is 3.59. The number of piperazine rings is 1. The molecular formula is C19H19ClF3N5. The van der Waals surface area contributed by atoms with Crippen molar-refractivity contribution >= 4 is 23.1 Å². The van der Waals surface area contributed by atoms with Crippen molar-refractivity contribution in [2.45, 2.75) is 13.1 Å². The quantitative estimate of drug-likeness (QED) is 0.637. The normalized spacial score (nSPS) is 16.1. The van der Waals surface area contributed by atoms with Crippen molar-refractivity contribution in [3.63, 3.8) is 0 Å². The third-order valence-corrected chi connectivity index (χ3v) is 5.18. The highest BCUT2D eigenvalue weighted by Crippen LogP contribution is 2.40. The molecule has 0 amide bonds. The van der Waals surface area contributed by atoms with Crippen LogP contribution in [0.1, 0.15) is 11.4 Å². The molecule has 28 heavy (non-hydrogen) atoms. The second-order valence-electron chi connectivity index (χ2n) is 7.01. The molecule has 2 aromatic heterocycles. The maximum absolute atomic E-state index is 13.8. The number of rotatable bonds is 2. The lowest BCUT2D eigenvalue weighted by molar-refractivity contribution is -0.140. The van der Waals surface area contributed by atoms with Crippen LogP contribution < -0.4 is 4.90 Å². The number of likely N-dealkylation sites (N-methyl/N-ethyl adjacent to an activating group) is 1. The van der Waals surface area contributed by atoms with Crippen LogP contribution in [0, 0.1) is 6.92 Å². The second kappa shape index (κ2) is 6.93. The van der Waals surface area contributed by atoms with Gasteiger partial charge in [-0.3, -0.25) is 0 Å². The average molecular weight is 410 g/mol. The summed E-state index contributed by atoms with van der Waals surface area (Å²) in [6.45, 7) is 4.88. The maximum Gasteiger partial charge on any atom is 0.435 e. The molecule has 3 aromatic rings. The fourth-order valence-electron chi connectivity index (χ4n) is 3.46. The average Bonchev–Trinajstić information content (AvgIpc) is 3.02. The van der Waals surface area contributed by atoms with Crippen LogP contribution in [-0.4, -0.2) is 52.7 Å². The minimum Gasteiger partial charge on any atom is -0.354 e. The fraction of sp³-hybridized carbons (Fsp3) is 0.368. The summed E-state index contributed by atoms with van der Waals surface area (Å²) in [4.78, 5) is 8.65. The predicted molar refractivity (Wildman–Crippen MR) is 103 cm³/mol. The predicted octanol–water partition coefficient (Wildman–Crippen LogP) is 4.13. The van der Waals surface area contributed by atoms with Crippen molar-refractivity contribution in [1.29, 1.82) is 0 Å². The van der Waals surface area contributed by atoms with Gasteiger partial charge < -0.3 is 9.80 Å². The number of nitrogens with zero attached hydrogens (tertiary/aromatic N) is 5. The molecule has 4 rings (SSSR count). The second-order valence-corrected chi connectivity index (χ2v) is 7.45. The van der Waals surface area contributed by atoms with Crippen molar-refractivity contribution in [1.82, 2.24) is 19.5 Å². The van der Waals surface area contributed by atoms with Crippen LogP contribution in [0.4, 0.5) is 19.0 Å². The number of alkyl halides is 3. The number of halogens is 4. The molecule has 1 saturated heterocycles. The summed E-state index contributed by atoms with van der Waals surface area (Å²) in [5.74, 6) is 0.626. The van der Waals surface area contributed by atoms with Crippen LogP contribution in [0.15, 0.2) is 30.3 Å². The van der Waals surface area contributed by atoms with Crippen molar-refractivity contribution < 1.29 is 13.2 Å². The van der Waals surface area contributed by atoms with E-state index in [-0.39, 0.29) is 11.2 Å². The smallest absolute Gasteiger partial charge is 0.354 e. The molecule has 1 aliphatic heterocycles. The zero-order valence-corrected chi connectivity index (χ0v) is 16.2. The molecule has 0 N–H and O–H groups in total. The van der Waals surface area contributed by atoms with Crippen LogP contribution in [0.5, 0.6) is 0 Å². The minimum absolute atomic E-state index is 0.0248. The third kappa shape index (κ3) is 3.42. The summed E-state index contributed by atoms with van der Waals surface area (Å²) in [6, 6.07) is 8.05. The van der Waals surface area contributed by atoms with E-state index in [1.165, 1.54) is 4.52 Å². The molecule has 0 saturated carbocycles. The van der Waals surface area contributed by atoms with Crippen LogP contribution >= 0.6 is 11.6 Å².